The Labute approximate surface area is 242 Å². The second-order valence-corrected chi connectivity index (χ2v) is 9.96. The topological polar surface area (TPSA) is 3.24 Å². The Morgan fingerprint density at radius 2 is 0.718 bits per heavy atom. The van der Waals surface area contributed by atoms with Gasteiger partial charge < -0.3 is 4.90 Å². The molecular weight excluding hydrogens is 538 g/mol. The normalized spacial score (nSPS) is 9.85. The van der Waals surface area contributed by atoms with Gasteiger partial charge in [0, 0.05) is 21.5 Å². The molecule has 1 nitrogen and oxygen atoms in total. The number of rotatable bonds is 5. The van der Waals surface area contributed by atoms with Crippen LogP contribution in [0, 0.1) is 13.8 Å². The Morgan fingerprint density at radius 1 is 0.487 bits per heavy atom. The average molecular weight is 575 g/mol. The summed E-state index contributed by atoms with van der Waals surface area (Å²) < 4.78 is 1.09. The lowest BCUT2D eigenvalue weighted by molar-refractivity contribution is 1.27. The van der Waals surface area contributed by atoms with Crippen LogP contribution in [0.2, 0.25) is 0 Å². The molecule has 0 unspecified atom stereocenters. The molecule has 0 amide bonds. The van der Waals surface area contributed by atoms with Crippen LogP contribution in [-0.2, 0) is 0 Å². The molecule has 0 spiro atoms. The highest BCUT2D eigenvalue weighted by Gasteiger charge is 2.13. The SMILES string of the molecule is C=C.C=CC.Cc1ccc(-c2ccc(N(c3ccc(C)cc3)c3ccc(-c4ccc(Br)cc4)cc3)cc2)cc1. The molecule has 0 radical (unpaired) electrons. The van der Waals surface area contributed by atoms with Crippen LogP contribution in [0.4, 0.5) is 17.1 Å². The summed E-state index contributed by atoms with van der Waals surface area (Å²) in [6, 6.07) is 43.4. The number of hydrogen-bond donors (Lipinski definition) is 0. The first kappa shape index (κ1) is 29.4. The van der Waals surface area contributed by atoms with Crippen molar-refractivity contribution in [2.24, 2.45) is 0 Å². The van der Waals surface area contributed by atoms with Crippen LogP contribution in [0.1, 0.15) is 18.1 Å². The maximum absolute atomic E-state index is 3.52. The maximum atomic E-state index is 3.52. The van der Waals surface area contributed by atoms with Crippen LogP contribution in [0.15, 0.2) is 152 Å². The lowest BCUT2D eigenvalue weighted by Gasteiger charge is -2.26. The van der Waals surface area contributed by atoms with Crippen LogP contribution in [0.25, 0.3) is 22.3 Å². The van der Waals surface area contributed by atoms with E-state index in [0.29, 0.717) is 0 Å². The smallest absolute Gasteiger partial charge is 0.0462 e. The average Bonchev–Trinajstić information content (AvgIpc) is 2.97. The van der Waals surface area contributed by atoms with E-state index in [4.69, 9.17) is 0 Å². The molecule has 5 aromatic rings. The molecule has 0 aliphatic heterocycles. The Morgan fingerprint density at radius 3 is 1.05 bits per heavy atom. The quantitative estimate of drug-likeness (QED) is 0.189. The molecule has 39 heavy (non-hydrogen) atoms. The fraction of sp³-hybridized carbons (Fsp3) is 0.0811. The summed E-state index contributed by atoms with van der Waals surface area (Å²) in [6.07, 6.45) is 1.75. The highest BCUT2D eigenvalue weighted by Crippen LogP contribution is 2.36. The van der Waals surface area contributed by atoms with Crippen molar-refractivity contribution in [2.45, 2.75) is 20.8 Å². The van der Waals surface area contributed by atoms with Gasteiger partial charge in [0.2, 0.25) is 0 Å². The molecule has 196 valence electrons. The number of halogens is 1. The molecule has 0 aromatic heterocycles. The van der Waals surface area contributed by atoms with Crippen LogP contribution in [0.5, 0.6) is 0 Å². The van der Waals surface area contributed by atoms with Crippen molar-refractivity contribution in [1.29, 1.82) is 0 Å². The number of allylic oxidation sites excluding steroid dienone is 1. The monoisotopic (exact) mass is 573 g/mol. The zero-order valence-electron chi connectivity index (χ0n) is 23.1. The van der Waals surface area contributed by atoms with Gasteiger partial charge in [0.05, 0.1) is 0 Å². The molecular formula is C37H36BrN. The van der Waals surface area contributed by atoms with E-state index in [-0.39, 0.29) is 0 Å². The molecule has 0 aliphatic carbocycles. The molecule has 0 aliphatic rings. The first-order chi connectivity index (χ1) is 19.0. The van der Waals surface area contributed by atoms with E-state index in [2.05, 4.69) is 176 Å². The zero-order valence-corrected chi connectivity index (χ0v) is 24.7. The van der Waals surface area contributed by atoms with E-state index in [9.17, 15) is 0 Å². The molecule has 5 aromatic carbocycles. The minimum Gasteiger partial charge on any atom is -0.311 e. The number of nitrogens with zero attached hydrogens (tertiary/aromatic N) is 1. The van der Waals surface area contributed by atoms with Crippen LogP contribution >= 0.6 is 15.9 Å². The summed E-state index contributed by atoms with van der Waals surface area (Å²) in [5, 5.41) is 0. The van der Waals surface area contributed by atoms with Crippen LogP contribution in [-0.4, -0.2) is 0 Å². The van der Waals surface area contributed by atoms with Gasteiger partial charge >= 0.3 is 0 Å². The molecule has 0 saturated heterocycles. The first-order valence-corrected chi connectivity index (χ1v) is 13.7. The van der Waals surface area contributed by atoms with Gasteiger partial charge in [-0.1, -0.05) is 106 Å². The van der Waals surface area contributed by atoms with Gasteiger partial charge in [0.1, 0.15) is 0 Å². The molecule has 2 heteroatoms. The lowest BCUT2D eigenvalue weighted by Crippen LogP contribution is -2.09. The van der Waals surface area contributed by atoms with Gasteiger partial charge in [-0.15, -0.1) is 19.7 Å². The highest BCUT2D eigenvalue weighted by atomic mass is 79.9. The second kappa shape index (κ2) is 14.7. The number of aryl methyl sites for hydroxylation is 2. The minimum atomic E-state index is 1.09. The molecule has 0 saturated carbocycles. The van der Waals surface area contributed by atoms with Gasteiger partial charge in [-0.25, -0.2) is 0 Å². The summed E-state index contributed by atoms with van der Waals surface area (Å²) in [6.45, 7) is 15.5. The third-order valence-electron chi connectivity index (χ3n) is 6.11. The number of hydrogen-bond acceptors (Lipinski definition) is 1. The summed E-state index contributed by atoms with van der Waals surface area (Å²) >= 11 is 3.52. The molecule has 0 N–H and O–H groups in total. The zero-order chi connectivity index (χ0) is 28.2. The first-order valence-electron chi connectivity index (χ1n) is 13.0. The van der Waals surface area contributed by atoms with Crippen molar-refractivity contribution in [2.75, 3.05) is 4.90 Å². The van der Waals surface area contributed by atoms with E-state index in [0.717, 1.165) is 21.5 Å². The fourth-order valence-corrected chi connectivity index (χ4v) is 4.40. The van der Waals surface area contributed by atoms with Crippen molar-refractivity contribution < 1.29 is 0 Å². The molecule has 0 atom stereocenters. The third-order valence-corrected chi connectivity index (χ3v) is 6.63. The predicted octanol–water partition coefficient (Wildman–Crippen LogP) is 11.9. The fourth-order valence-electron chi connectivity index (χ4n) is 4.14. The van der Waals surface area contributed by atoms with Gasteiger partial charge in [0.15, 0.2) is 0 Å². The maximum Gasteiger partial charge on any atom is 0.0462 e. The third kappa shape index (κ3) is 7.92. The Hall–Kier alpha value is -4.14. The van der Waals surface area contributed by atoms with E-state index < -0.39 is 0 Å². The molecule has 0 bridgehead atoms. The second-order valence-electron chi connectivity index (χ2n) is 9.05. The summed E-state index contributed by atoms with van der Waals surface area (Å²) in [5.74, 6) is 0. The Kier molecular flexibility index (Phi) is 11.1. The highest BCUT2D eigenvalue weighted by molar-refractivity contribution is 9.10. The Bertz CT molecular complexity index is 1340. The van der Waals surface area contributed by atoms with Crippen LogP contribution in [0.3, 0.4) is 0 Å². The van der Waals surface area contributed by atoms with E-state index >= 15 is 0 Å². The van der Waals surface area contributed by atoms with Crippen molar-refractivity contribution >= 4 is 33.0 Å². The summed E-state index contributed by atoms with van der Waals surface area (Å²) in [5.41, 5.74) is 10.8. The van der Waals surface area contributed by atoms with E-state index in [1.54, 1.807) is 6.08 Å². The minimum absolute atomic E-state index is 1.09. The lowest BCUT2D eigenvalue weighted by atomic mass is 10.0. The summed E-state index contributed by atoms with van der Waals surface area (Å²) in [7, 11) is 0. The van der Waals surface area contributed by atoms with Gasteiger partial charge in [-0.3, -0.25) is 0 Å². The largest absolute Gasteiger partial charge is 0.311 e. The van der Waals surface area contributed by atoms with Gasteiger partial charge in [-0.2, -0.15) is 0 Å². The Balaban J connectivity index is 0.000000787. The van der Waals surface area contributed by atoms with Crippen molar-refractivity contribution in [3.63, 3.8) is 0 Å². The van der Waals surface area contributed by atoms with E-state index in [1.165, 1.54) is 33.4 Å². The van der Waals surface area contributed by atoms with Gasteiger partial charge in [-0.05, 0) is 91.6 Å². The molecule has 0 fully saturated rings. The van der Waals surface area contributed by atoms with Crippen LogP contribution < -0.4 is 4.90 Å². The standard InChI is InChI=1S/C32H26BrN.C3H6.C2H4/c1-23-3-7-25(8-4-23)27-11-19-31(20-12-27)34(30-17-5-24(2)6-18-30)32-21-13-28(14-22-32)26-9-15-29(33)16-10-26;1-3-2;1-2/h3-22H,1-2H3;3H,1H2,2H3;1-2H2. The predicted molar refractivity (Wildman–Crippen MR) is 176 cm³/mol. The van der Waals surface area contributed by atoms with Crippen molar-refractivity contribution in [3.8, 4) is 22.3 Å². The molecule has 0 heterocycles. The van der Waals surface area contributed by atoms with Crippen molar-refractivity contribution in [3.05, 3.63) is 163 Å². The number of benzene rings is 5. The van der Waals surface area contributed by atoms with E-state index in [1.807, 2.05) is 6.92 Å². The van der Waals surface area contributed by atoms with Gasteiger partial charge in [0.25, 0.3) is 0 Å². The number of anilines is 3. The summed E-state index contributed by atoms with van der Waals surface area (Å²) in [4.78, 5) is 2.31. The van der Waals surface area contributed by atoms with Crippen molar-refractivity contribution in [1.82, 2.24) is 0 Å². The molecule has 5 rings (SSSR count).